The molecule has 2 aliphatic rings. The van der Waals surface area contributed by atoms with Crippen molar-refractivity contribution in [2.24, 2.45) is 20.0 Å². The van der Waals surface area contributed by atoms with Gasteiger partial charge in [-0.05, 0) is 24.8 Å². The molecule has 138 valence electrons. The normalized spacial score (nSPS) is 19.5. The summed E-state index contributed by atoms with van der Waals surface area (Å²) in [5.41, 5.74) is 2.30. The lowest BCUT2D eigenvalue weighted by atomic mass is 9.97. The van der Waals surface area contributed by atoms with E-state index < -0.39 is 0 Å². The maximum atomic E-state index is 13.0. The Bertz CT molecular complexity index is 881. The molecule has 0 aromatic carbocycles. The Morgan fingerprint density at radius 1 is 1.27 bits per heavy atom. The lowest BCUT2D eigenvalue weighted by Gasteiger charge is -2.32. The van der Waals surface area contributed by atoms with E-state index in [-0.39, 0.29) is 17.4 Å². The first-order chi connectivity index (χ1) is 12.5. The number of carbonyl (C=O) groups is 1. The summed E-state index contributed by atoms with van der Waals surface area (Å²) < 4.78 is 9.10. The van der Waals surface area contributed by atoms with Gasteiger partial charge >= 0.3 is 0 Å². The second-order valence-electron chi connectivity index (χ2n) is 7.38. The number of fused-ring (bicyclic) bond motifs is 1. The number of hydrogen-bond donors (Lipinski definition) is 0. The number of hydrogen-bond acceptors (Lipinski definition) is 4. The van der Waals surface area contributed by atoms with E-state index in [1.807, 2.05) is 13.2 Å². The van der Waals surface area contributed by atoms with Gasteiger partial charge in [-0.3, -0.25) is 14.3 Å². The van der Waals surface area contributed by atoms with Crippen LogP contribution < -0.4 is 5.56 Å². The third kappa shape index (κ3) is 3.31. The smallest absolute Gasteiger partial charge is 0.270 e. The monoisotopic (exact) mass is 356 g/mol. The fraction of sp³-hybridized carbons (Fsp3) is 0.526. The Balaban J connectivity index is 1.56. The van der Waals surface area contributed by atoms with Gasteiger partial charge in [0.2, 0.25) is 0 Å². The van der Waals surface area contributed by atoms with Crippen molar-refractivity contribution in [3.8, 4) is 0 Å². The maximum Gasteiger partial charge on any atom is 0.270 e. The number of amides is 1. The molecule has 0 radical (unpaired) electrons. The second-order valence-corrected chi connectivity index (χ2v) is 7.38. The number of rotatable bonds is 5. The molecule has 26 heavy (non-hydrogen) atoms. The Morgan fingerprint density at radius 2 is 2.08 bits per heavy atom. The number of ether oxygens (including phenoxy) is 1. The van der Waals surface area contributed by atoms with Crippen LogP contribution in [0.25, 0.3) is 0 Å². The molecule has 7 nitrogen and oxygen atoms in total. The minimum Gasteiger partial charge on any atom is -0.380 e. The van der Waals surface area contributed by atoms with E-state index in [0.717, 1.165) is 17.9 Å². The first-order valence-electron chi connectivity index (χ1n) is 9.08. The zero-order valence-electron chi connectivity index (χ0n) is 15.2. The fourth-order valence-electron chi connectivity index (χ4n) is 3.53. The standard InChI is InChI=1S/C19H24N4O3/c1-21-8-14-9-23(19(25)16-4-3-5-17(24)22(16)2)10-15(18(14)20-21)12-26-11-13-6-7-13/h3-5,8,13,15H,6-7,9-12H2,1-2H3. The highest BCUT2D eigenvalue weighted by atomic mass is 16.5. The number of aryl methyl sites for hydroxylation is 1. The summed E-state index contributed by atoms with van der Waals surface area (Å²) in [6, 6.07) is 4.78. The van der Waals surface area contributed by atoms with E-state index in [9.17, 15) is 9.59 Å². The number of pyridine rings is 1. The average molecular weight is 356 g/mol. The van der Waals surface area contributed by atoms with Crippen molar-refractivity contribution in [2.45, 2.75) is 25.3 Å². The lowest BCUT2D eigenvalue weighted by Crippen LogP contribution is -2.41. The topological polar surface area (TPSA) is 69.4 Å². The van der Waals surface area contributed by atoms with Crippen LogP contribution in [-0.4, -0.2) is 44.9 Å². The van der Waals surface area contributed by atoms with E-state index in [1.165, 1.54) is 23.5 Å². The van der Waals surface area contributed by atoms with E-state index >= 15 is 0 Å². The molecule has 1 fully saturated rings. The third-order valence-corrected chi connectivity index (χ3v) is 5.19. The lowest BCUT2D eigenvalue weighted by molar-refractivity contribution is 0.0616. The second kappa shape index (κ2) is 6.72. The highest BCUT2D eigenvalue weighted by Gasteiger charge is 2.32. The minimum absolute atomic E-state index is 0.0587. The molecule has 1 aliphatic heterocycles. The molecular weight excluding hydrogens is 332 g/mol. The molecule has 7 heteroatoms. The zero-order chi connectivity index (χ0) is 18.3. The molecule has 0 N–H and O–H groups in total. The average Bonchev–Trinajstić information content (AvgIpc) is 3.36. The summed E-state index contributed by atoms with van der Waals surface area (Å²) in [7, 11) is 3.53. The summed E-state index contributed by atoms with van der Waals surface area (Å²) >= 11 is 0. The highest BCUT2D eigenvalue weighted by Crippen LogP contribution is 2.31. The van der Waals surface area contributed by atoms with Gasteiger partial charge in [0.25, 0.3) is 11.5 Å². The number of nitrogens with zero attached hydrogens (tertiary/aromatic N) is 4. The largest absolute Gasteiger partial charge is 0.380 e. The van der Waals surface area contributed by atoms with Gasteiger partial charge in [0, 0.05) is 57.5 Å². The molecule has 1 atom stereocenters. The van der Waals surface area contributed by atoms with Crippen molar-refractivity contribution in [3.63, 3.8) is 0 Å². The van der Waals surface area contributed by atoms with E-state index in [2.05, 4.69) is 5.10 Å². The summed E-state index contributed by atoms with van der Waals surface area (Å²) in [4.78, 5) is 26.7. The molecule has 4 rings (SSSR count). The third-order valence-electron chi connectivity index (χ3n) is 5.19. The summed E-state index contributed by atoms with van der Waals surface area (Å²) in [6.45, 7) is 2.42. The number of carbonyl (C=O) groups excluding carboxylic acids is 1. The van der Waals surface area contributed by atoms with E-state index in [1.54, 1.807) is 28.8 Å². The van der Waals surface area contributed by atoms with Crippen molar-refractivity contribution < 1.29 is 9.53 Å². The fourth-order valence-corrected chi connectivity index (χ4v) is 3.53. The van der Waals surface area contributed by atoms with Crippen LogP contribution in [0.4, 0.5) is 0 Å². The predicted molar refractivity (Wildman–Crippen MR) is 95.9 cm³/mol. The van der Waals surface area contributed by atoms with Crippen LogP contribution in [0, 0.1) is 5.92 Å². The molecule has 2 aromatic rings. The molecule has 0 spiro atoms. The Labute approximate surface area is 152 Å². The van der Waals surface area contributed by atoms with Crippen LogP contribution >= 0.6 is 0 Å². The van der Waals surface area contributed by atoms with E-state index in [0.29, 0.717) is 31.3 Å². The summed E-state index contributed by atoms with van der Waals surface area (Å²) in [6.07, 6.45) is 4.48. The summed E-state index contributed by atoms with van der Waals surface area (Å²) in [5, 5.41) is 4.59. The molecule has 0 saturated heterocycles. The SMILES string of the molecule is Cn1cc2c(n1)C(COCC1CC1)CN(C(=O)c1cccc(=O)n1C)C2. The first kappa shape index (κ1) is 17.0. The quantitative estimate of drug-likeness (QED) is 0.809. The van der Waals surface area contributed by atoms with Gasteiger partial charge in [0.1, 0.15) is 5.69 Å². The Kier molecular flexibility index (Phi) is 4.40. The number of aromatic nitrogens is 3. The Morgan fingerprint density at radius 3 is 2.85 bits per heavy atom. The van der Waals surface area contributed by atoms with Gasteiger partial charge in [-0.15, -0.1) is 0 Å². The molecule has 1 unspecified atom stereocenters. The highest BCUT2D eigenvalue weighted by molar-refractivity contribution is 5.92. The van der Waals surface area contributed by atoms with Gasteiger partial charge < -0.3 is 14.2 Å². The zero-order valence-corrected chi connectivity index (χ0v) is 15.2. The van der Waals surface area contributed by atoms with Crippen molar-refractivity contribution in [1.82, 2.24) is 19.2 Å². The van der Waals surface area contributed by atoms with Crippen LogP contribution in [0.2, 0.25) is 0 Å². The van der Waals surface area contributed by atoms with Crippen molar-refractivity contribution in [1.29, 1.82) is 0 Å². The molecule has 2 aromatic heterocycles. The molecular formula is C19H24N4O3. The molecule has 3 heterocycles. The van der Waals surface area contributed by atoms with Crippen LogP contribution in [0.5, 0.6) is 0 Å². The van der Waals surface area contributed by atoms with Gasteiger partial charge in [0.15, 0.2) is 0 Å². The molecule has 1 saturated carbocycles. The van der Waals surface area contributed by atoms with Crippen molar-refractivity contribution in [2.75, 3.05) is 19.8 Å². The van der Waals surface area contributed by atoms with Crippen LogP contribution in [0.3, 0.4) is 0 Å². The summed E-state index contributed by atoms with van der Waals surface area (Å²) in [5.74, 6) is 0.633. The predicted octanol–water partition coefficient (Wildman–Crippen LogP) is 1.28. The molecule has 1 aliphatic carbocycles. The van der Waals surface area contributed by atoms with Crippen LogP contribution in [0.15, 0.2) is 29.2 Å². The minimum atomic E-state index is -0.181. The molecule has 0 bridgehead atoms. The van der Waals surface area contributed by atoms with Crippen molar-refractivity contribution >= 4 is 5.91 Å². The van der Waals surface area contributed by atoms with Gasteiger partial charge in [-0.2, -0.15) is 5.10 Å². The Hall–Kier alpha value is -2.41. The van der Waals surface area contributed by atoms with Crippen LogP contribution in [0.1, 0.15) is 40.5 Å². The van der Waals surface area contributed by atoms with Gasteiger partial charge in [-0.1, -0.05) is 6.07 Å². The van der Waals surface area contributed by atoms with Gasteiger partial charge in [-0.25, -0.2) is 0 Å². The maximum absolute atomic E-state index is 13.0. The van der Waals surface area contributed by atoms with E-state index in [4.69, 9.17) is 4.74 Å². The van der Waals surface area contributed by atoms with Crippen LogP contribution in [-0.2, 0) is 25.4 Å². The van der Waals surface area contributed by atoms with Crippen molar-refractivity contribution in [3.05, 3.63) is 51.7 Å². The molecule has 1 amide bonds. The first-order valence-corrected chi connectivity index (χ1v) is 9.08. The van der Waals surface area contributed by atoms with Gasteiger partial charge in [0.05, 0.1) is 12.3 Å².